The molecule has 1 saturated carbocycles. The molecule has 0 unspecified atom stereocenters. The quantitative estimate of drug-likeness (QED) is 0.549. The van der Waals surface area contributed by atoms with Gasteiger partial charge in [-0.2, -0.15) is 26.3 Å². The second-order valence-corrected chi connectivity index (χ2v) is 11.2. The fourth-order valence-corrected chi connectivity index (χ4v) is 6.18. The molecule has 5 rings (SSSR count). The summed E-state index contributed by atoms with van der Waals surface area (Å²) in [6, 6.07) is 4.75. The lowest BCUT2D eigenvalue weighted by molar-refractivity contribution is -0.138. The van der Waals surface area contributed by atoms with E-state index in [1.54, 1.807) is 9.80 Å². The number of anilines is 1. The molecule has 1 N–H and O–H groups in total. The first-order valence-electron chi connectivity index (χ1n) is 12.8. The van der Waals surface area contributed by atoms with Crippen molar-refractivity contribution < 1.29 is 31.1 Å². The van der Waals surface area contributed by atoms with Crippen LogP contribution in [0.5, 0.6) is 0 Å². The van der Waals surface area contributed by atoms with Crippen LogP contribution in [0.25, 0.3) is 0 Å². The minimum Gasteiger partial charge on any atom is -0.337 e. The molecule has 3 heterocycles. The molecule has 1 aliphatic carbocycles. The molecule has 39 heavy (non-hydrogen) atoms. The van der Waals surface area contributed by atoms with Gasteiger partial charge in [-0.3, -0.25) is 4.90 Å². The number of carbonyl (C=O) groups excluding carboxylic acids is 1. The van der Waals surface area contributed by atoms with Crippen molar-refractivity contribution in [3.05, 3.63) is 53.3 Å². The maximum absolute atomic E-state index is 13.1. The minimum atomic E-state index is -4.50. The van der Waals surface area contributed by atoms with Crippen LogP contribution in [-0.4, -0.2) is 70.1 Å². The van der Waals surface area contributed by atoms with Gasteiger partial charge >= 0.3 is 18.4 Å². The maximum Gasteiger partial charge on any atom is 0.419 e. The van der Waals surface area contributed by atoms with Crippen molar-refractivity contribution in [1.82, 2.24) is 25.1 Å². The van der Waals surface area contributed by atoms with Crippen LogP contribution in [0.4, 0.5) is 37.1 Å². The molecule has 2 aromatic rings. The Morgan fingerprint density at radius 1 is 0.923 bits per heavy atom. The molecule has 0 radical (unpaired) electrons. The molecule has 2 atom stereocenters. The molecule has 2 aliphatic heterocycles. The van der Waals surface area contributed by atoms with E-state index in [2.05, 4.69) is 20.2 Å². The molecule has 3 fully saturated rings. The second kappa shape index (κ2) is 9.83. The zero-order valence-electron chi connectivity index (χ0n) is 21.6. The summed E-state index contributed by atoms with van der Waals surface area (Å²) < 4.78 is 76.7. The highest BCUT2D eigenvalue weighted by molar-refractivity contribution is 5.76. The Morgan fingerprint density at radius 2 is 1.46 bits per heavy atom. The molecule has 212 valence electrons. The fourth-order valence-electron chi connectivity index (χ4n) is 6.18. The molecule has 1 aromatic heterocycles. The first kappa shape index (κ1) is 27.5. The Kier molecular flexibility index (Phi) is 6.92. The predicted octanol–water partition coefficient (Wildman–Crippen LogP) is 4.79. The summed E-state index contributed by atoms with van der Waals surface area (Å²) in [5.41, 5.74) is -0.579. The normalized spacial score (nSPS) is 23.9. The van der Waals surface area contributed by atoms with Crippen LogP contribution in [0.15, 0.2) is 36.7 Å². The monoisotopic (exact) mass is 556 g/mol. The smallest absolute Gasteiger partial charge is 0.337 e. The lowest BCUT2D eigenvalue weighted by Crippen LogP contribution is -2.68. The second-order valence-electron chi connectivity index (χ2n) is 11.2. The number of hydrogen-bond acceptors (Lipinski definition) is 5. The summed E-state index contributed by atoms with van der Waals surface area (Å²) in [5.74, 6) is 0.202. The Morgan fingerprint density at radius 3 is 1.97 bits per heavy atom. The van der Waals surface area contributed by atoms with Crippen molar-refractivity contribution in [3.63, 3.8) is 0 Å². The van der Waals surface area contributed by atoms with Gasteiger partial charge in [-0.1, -0.05) is 12.1 Å². The number of urea groups is 1. The van der Waals surface area contributed by atoms with Crippen LogP contribution in [-0.2, 0) is 18.9 Å². The summed E-state index contributed by atoms with van der Waals surface area (Å²) in [4.78, 5) is 26.6. The Hall–Kier alpha value is -3.09. The van der Waals surface area contributed by atoms with E-state index >= 15 is 0 Å². The van der Waals surface area contributed by atoms with Crippen LogP contribution >= 0.6 is 0 Å². The first-order valence-corrected chi connectivity index (χ1v) is 12.8. The van der Waals surface area contributed by atoms with Gasteiger partial charge in [-0.25, -0.2) is 14.8 Å². The molecule has 13 heteroatoms. The SMILES string of the molecule is C[C@@H]1CN(c2ncc(C(F)(F)F)cn2)C[C@H](C)N1C(=O)NC1CC2(C1)CN(Cc1ccc(C(F)(F)F)cc1)C2. The molecule has 1 aromatic carbocycles. The highest BCUT2D eigenvalue weighted by Crippen LogP contribution is 2.49. The van der Waals surface area contributed by atoms with Gasteiger partial charge in [0.2, 0.25) is 5.95 Å². The van der Waals surface area contributed by atoms with Crippen molar-refractivity contribution in [2.45, 2.75) is 63.7 Å². The number of hydrogen-bond donors (Lipinski definition) is 1. The number of benzene rings is 1. The average Bonchev–Trinajstić information content (AvgIpc) is 2.80. The molecule has 2 saturated heterocycles. The third kappa shape index (κ3) is 5.78. The number of nitrogens with zero attached hydrogens (tertiary/aromatic N) is 5. The lowest BCUT2D eigenvalue weighted by atomic mass is 9.60. The summed E-state index contributed by atoms with van der Waals surface area (Å²) >= 11 is 0. The minimum absolute atomic E-state index is 0.0568. The van der Waals surface area contributed by atoms with E-state index in [0.29, 0.717) is 19.6 Å². The van der Waals surface area contributed by atoms with Crippen LogP contribution in [0, 0.1) is 5.41 Å². The summed E-state index contributed by atoms with van der Waals surface area (Å²) in [5, 5.41) is 3.12. The van der Waals surface area contributed by atoms with Gasteiger partial charge in [0.25, 0.3) is 0 Å². The third-order valence-corrected chi connectivity index (χ3v) is 7.89. The fraction of sp³-hybridized carbons (Fsp3) is 0.577. The third-order valence-electron chi connectivity index (χ3n) is 7.89. The summed E-state index contributed by atoms with van der Waals surface area (Å²) in [7, 11) is 0. The molecule has 0 bridgehead atoms. The van der Waals surface area contributed by atoms with Crippen molar-refractivity contribution in [2.24, 2.45) is 5.41 Å². The molecule has 1 spiro atoms. The Balaban J connectivity index is 1.07. The standard InChI is InChI=1S/C26H30F6N6O/c1-16-11-37(22-33-9-20(10-34-22)26(30,31)32)12-17(2)38(16)23(39)35-21-7-24(8-21)14-36(15-24)13-18-3-5-19(6-4-18)25(27,28)29/h3-6,9-10,16-17,21H,7-8,11-15H2,1-2H3,(H,35,39)/t16-,17+. The number of halogens is 6. The molecule has 2 amide bonds. The van der Waals surface area contributed by atoms with Gasteiger partial charge in [0.1, 0.15) is 0 Å². The van der Waals surface area contributed by atoms with Crippen molar-refractivity contribution >= 4 is 12.0 Å². The number of amides is 2. The first-order chi connectivity index (χ1) is 18.2. The van der Waals surface area contributed by atoms with Gasteiger partial charge in [0, 0.05) is 63.2 Å². The largest absolute Gasteiger partial charge is 0.419 e. The maximum atomic E-state index is 13.1. The van der Waals surface area contributed by atoms with Crippen molar-refractivity contribution in [3.8, 4) is 0 Å². The van der Waals surface area contributed by atoms with Gasteiger partial charge in [-0.05, 0) is 49.8 Å². The van der Waals surface area contributed by atoms with E-state index in [0.717, 1.165) is 56.0 Å². The van der Waals surface area contributed by atoms with Crippen molar-refractivity contribution in [2.75, 3.05) is 31.1 Å². The molecular weight excluding hydrogens is 526 g/mol. The Bertz CT molecular complexity index is 1160. The number of likely N-dealkylation sites (tertiary alicyclic amines) is 1. The van der Waals surface area contributed by atoms with E-state index in [4.69, 9.17) is 0 Å². The molecule has 7 nitrogen and oxygen atoms in total. The molecular formula is C26H30F6N6O. The highest BCUT2D eigenvalue weighted by Gasteiger charge is 2.53. The number of piperazine rings is 1. The number of carbonyl (C=O) groups is 1. The van der Waals surface area contributed by atoms with E-state index in [1.165, 1.54) is 12.1 Å². The van der Waals surface area contributed by atoms with Gasteiger partial charge in [-0.15, -0.1) is 0 Å². The Labute approximate surface area is 222 Å². The van der Waals surface area contributed by atoms with E-state index in [1.807, 2.05) is 13.8 Å². The van der Waals surface area contributed by atoms with E-state index in [9.17, 15) is 31.1 Å². The van der Waals surface area contributed by atoms with Crippen molar-refractivity contribution in [1.29, 1.82) is 0 Å². The zero-order valence-corrected chi connectivity index (χ0v) is 21.6. The van der Waals surface area contributed by atoms with E-state index < -0.39 is 23.5 Å². The molecule has 3 aliphatic rings. The highest BCUT2D eigenvalue weighted by atomic mass is 19.4. The van der Waals surface area contributed by atoms with Crippen LogP contribution in [0.2, 0.25) is 0 Å². The number of nitrogens with one attached hydrogen (secondary N) is 1. The van der Waals surface area contributed by atoms with E-state index in [-0.39, 0.29) is 35.5 Å². The predicted molar refractivity (Wildman–Crippen MR) is 131 cm³/mol. The number of rotatable bonds is 4. The topological polar surface area (TPSA) is 64.6 Å². The lowest BCUT2D eigenvalue weighted by Gasteiger charge is -2.59. The van der Waals surface area contributed by atoms with Crippen LogP contribution < -0.4 is 10.2 Å². The number of alkyl halides is 6. The van der Waals surface area contributed by atoms with Crippen LogP contribution in [0.3, 0.4) is 0 Å². The number of aromatic nitrogens is 2. The van der Waals surface area contributed by atoms with Crippen LogP contribution in [0.1, 0.15) is 43.4 Å². The van der Waals surface area contributed by atoms with Gasteiger partial charge < -0.3 is 15.1 Å². The average molecular weight is 557 g/mol. The summed E-state index contributed by atoms with van der Waals surface area (Å²) in [6.07, 6.45) is -5.59. The van der Waals surface area contributed by atoms with Gasteiger partial charge in [0.05, 0.1) is 11.1 Å². The summed E-state index contributed by atoms with van der Waals surface area (Å²) in [6.45, 7) is 6.86. The van der Waals surface area contributed by atoms with Gasteiger partial charge in [0.15, 0.2) is 0 Å². The zero-order chi connectivity index (χ0) is 28.2.